The molecule has 1 aromatic carbocycles. The third-order valence-corrected chi connectivity index (χ3v) is 7.28. The van der Waals surface area contributed by atoms with Crippen LogP contribution in [0.15, 0.2) is 35.7 Å². The summed E-state index contributed by atoms with van der Waals surface area (Å²) in [4.78, 5) is 36.1. The van der Waals surface area contributed by atoms with Gasteiger partial charge < -0.3 is 9.64 Å². The van der Waals surface area contributed by atoms with Gasteiger partial charge >= 0.3 is 5.97 Å². The Labute approximate surface area is 200 Å². The molecular formula is C24H30N4O5S. The lowest BCUT2D eigenvalue weighted by Gasteiger charge is -2.38. The topological polar surface area (TPSA) is 110 Å². The number of methoxy groups -OCH3 is 1. The number of hydrogen-bond donors (Lipinski definition) is 0. The lowest BCUT2D eigenvalue weighted by atomic mass is 10.0. The van der Waals surface area contributed by atoms with Crippen molar-refractivity contribution in [1.82, 2.24) is 19.2 Å². The second kappa shape index (κ2) is 10.4. The zero-order chi connectivity index (χ0) is 25.0. The number of esters is 1. The van der Waals surface area contributed by atoms with Gasteiger partial charge in [-0.05, 0) is 31.4 Å². The van der Waals surface area contributed by atoms with Crippen LogP contribution in [0.5, 0.6) is 0 Å². The van der Waals surface area contributed by atoms with Crippen LogP contribution < -0.4 is 0 Å². The van der Waals surface area contributed by atoms with Crippen LogP contribution in [-0.2, 0) is 14.8 Å². The summed E-state index contributed by atoms with van der Waals surface area (Å²) in [6.07, 6.45) is 1.55. The number of amides is 1. The van der Waals surface area contributed by atoms with Crippen molar-refractivity contribution < 1.29 is 22.7 Å². The Kier molecular flexibility index (Phi) is 7.83. The molecule has 1 aromatic heterocycles. The highest BCUT2D eigenvalue weighted by atomic mass is 32.2. The first kappa shape index (κ1) is 25.5. The van der Waals surface area contributed by atoms with Crippen LogP contribution in [0.3, 0.4) is 0 Å². The molecule has 1 atom stereocenters. The standard InChI is InChI=1S/C24H30N4O5S/c1-16(2)21-20(24(30)33-5)22(26-18(4)25-21)23(29)27-12-13-28(17(3)15-27)34(31,32)14-11-19-9-7-6-8-10-19/h6-11,14,16-17H,12-13,15H2,1-5H3/b14-11+. The van der Waals surface area contributed by atoms with Crippen molar-refractivity contribution in [2.75, 3.05) is 26.7 Å². The van der Waals surface area contributed by atoms with Gasteiger partial charge in [-0.25, -0.2) is 23.2 Å². The van der Waals surface area contributed by atoms with E-state index in [0.29, 0.717) is 11.5 Å². The Morgan fingerprint density at radius 1 is 1.15 bits per heavy atom. The molecule has 0 spiro atoms. The molecule has 1 fully saturated rings. The fourth-order valence-corrected chi connectivity index (χ4v) is 5.32. The van der Waals surface area contributed by atoms with E-state index in [4.69, 9.17) is 4.74 Å². The molecule has 1 unspecified atom stereocenters. The minimum absolute atomic E-state index is 0.0180. The Bertz CT molecular complexity index is 1200. The molecule has 1 amide bonds. The zero-order valence-corrected chi connectivity index (χ0v) is 20.9. The van der Waals surface area contributed by atoms with Crippen molar-refractivity contribution in [3.8, 4) is 0 Å². The minimum atomic E-state index is -3.68. The smallest absolute Gasteiger partial charge is 0.342 e. The van der Waals surface area contributed by atoms with Crippen molar-refractivity contribution in [2.24, 2.45) is 0 Å². The van der Waals surface area contributed by atoms with E-state index in [2.05, 4.69) is 9.97 Å². The molecule has 0 saturated carbocycles. The van der Waals surface area contributed by atoms with Gasteiger partial charge in [0.1, 0.15) is 17.1 Å². The molecule has 1 aliphatic heterocycles. The molecule has 0 radical (unpaired) electrons. The lowest BCUT2D eigenvalue weighted by Crippen LogP contribution is -2.55. The maximum absolute atomic E-state index is 13.4. The van der Waals surface area contributed by atoms with Crippen LogP contribution in [-0.4, -0.2) is 72.3 Å². The van der Waals surface area contributed by atoms with Gasteiger partial charge in [0.2, 0.25) is 10.0 Å². The fraction of sp³-hybridized carbons (Fsp3) is 0.417. The number of rotatable bonds is 6. The summed E-state index contributed by atoms with van der Waals surface area (Å²) in [5, 5.41) is 1.19. The molecule has 9 nitrogen and oxygen atoms in total. The number of hydrogen-bond acceptors (Lipinski definition) is 7. The molecule has 2 heterocycles. The Balaban J connectivity index is 1.84. The lowest BCUT2D eigenvalue weighted by molar-refractivity contribution is 0.0569. The maximum atomic E-state index is 13.4. The maximum Gasteiger partial charge on any atom is 0.342 e. The summed E-state index contributed by atoms with van der Waals surface area (Å²) < 4.78 is 32.1. The largest absolute Gasteiger partial charge is 0.465 e. The Hall–Kier alpha value is -3.11. The second-order valence-corrected chi connectivity index (χ2v) is 10.3. The molecule has 0 bridgehead atoms. The molecule has 1 aliphatic rings. The average Bonchev–Trinajstić information content (AvgIpc) is 2.81. The highest BCUT2D eigenvalue weighted by Gasteiger charge is 2.36. The van der Waals surface area contributed by atoms with Gasteiger partial charge in [0.25, 0.3) is 5.91 Å². The SMILES string of the molecule is COC(=O)c1c(C(=O)N2CCN(S(=O)(=O)/C=C/c3ccccc3)C(C)C2)nc(C)nc1C(C)C. The van der Waals surface area contributed by atoms with Gasteiger partial charge in [-0.3, -0.25) is 4.79 Å². The summed E-state index contributed by atoms with van der Waals surface area (Å²) >= 11 is 0. The number of aryl methyl sites for hydroxylation is 1. The number of aromatic nitrogens is 2. The Morgan fingerprint density at radius 3 is 2.41 bits per heavy atom. The van der Waals surface area contributed by atoms with Gasteiger partial charge in [0.15, 0.2) is 0 Å². The van der Waals surface area contributed by atoms with Gasteiger partial charge in [-0.1, -0.05) is 44.2 Å². The van der Waals surface area contributed by atoms with E-state index in [-0.39, 0.29) is 36.8 Å². The molecule has 182 valence electrons. The van der Waals surface area contributed by atoms with Gasteiger partial charge in [0.05, 0.1) is 12.8 Å². The van der Waals surface area contributed by atoms with E-state index in [9.17, 15) is 18.0 Å². The molecule has 3 rings (SSSR count). The molecule has 0 aliphatic carbocycles. The number of ether oxygens (including phenoxy) is 1. The number of carbonyl (C=O) groups excluding carboxylic acids is 2. The molecule has 10 heteroatoms. The van der Waals surface area contributed by atoms with Gasteiger partial charge in [-0.2, -0.15) is 4.31 Å². The fourth-order valence-electron chi connectivity index (χ4n) is 3.93. The van der Waals surface area contributed by atoms with Crippen molar-refractivity contribution in [1.29, 1.82) is 0 Å². The molecule has 1 saturated heterocycles. The van der Waals surface area contributed by atoms with Crippen LogP contribution in [0.4, 0.5) is 0 Å². The summed E-state index contributed by atoms with van der Waals surface area (Å²) in [5.41, 5.74) is 1.27. The molecule has 2 aromatic rings. The van der Waals surface area contributed by atoms with Crippen LogP contribution in [0.2, 0.25) is 0 Å². The van der Waals surface area contributed by atoms with Crippen LogP contribution in [0.1, 0.15) is 64.6 Å². The van der Waals surface area contributed by atoms with E-state index >= 15 is 0 Å². The minimum Gasteiger partial charge on any atom is -0.465 e. The van der Waals surface area contributed by atoms with E-state index in [0.717, 1.165) is 5.56 Å². The Morgan fingerprint density at radius 2 is 1.82 bits per heavy atom. The summed E-state index contributed by atoms with van der Waals surface area (Å²) in [7, 11) is -2.43. The van der Waals surface area contributed by atoms with Gasteiger partial charge in [-0.15, -0.1) is 0 Å². The van der Waals surface area contributed by atoms with E-state index in [1.807, 2.05) is 44.2 Å². The second-order valence-electron chi connectivity index (χ2n) is 8.50. The highest BCUT2D eigenvalue weighted by molar-refractivity contribution is 7.92. The monoisotopic (exact) mass is 486 g/mol. The number of nitrogens with zero attached hydrogens (tertiary/aromatic N) is 4. The van der Waals surface area contributed by atoms with Crippen molar-refractivity contribution in [2.45, 2.75) is 39.7 Å². The van der Waals surface area contributed by atoms with Crippen LogP contribution in [0.25, 0.3) is 6.08 Å². The molecule has 34 heavy (non-hydrogen) atoms. The summed E-state index contributed by atoms with van der Waals surface area (Å²) in [6, 6.07) is 8.71. The normalized spacial score (nSPS) is 17.4. The highest BCUT2D eigenvalue weighted by Crippen LogP contribution is 2.24. The first-order valence-corrected chi connectivity index (χ1v) is 12.6. The van der Waals surface area contributed by atoms with E-state index in [1.54, 1.807) is 19.9 Å². The van der Waals surface area contributed by atoms with Gasteiger partial charge in [0, 0.05) is 31.1 Å². The summed E-state index contributed by atoms with van der Waals surface area (Å²) in [6.45, 7) is 7.62. The third-order valence-electron chi connectivity index (χ3n) is 5.60. The van der Waals surface area contributed by atoms with Crippen molar-refractivity contribution in [3.05, 3.63) is 64.1 Å². The quantitative estimate of drug-likeness (QED) is 0.578. The van der Waals surface area contributed by atoms with E-state index < -0.39 is 27.9 Å². The van der Waals surface area contributed by atoms with Crippen LogP contribution in [0, 0.1) is 6.92 Å². The number of benzene rings is 1. The predicted octanol–water partition coefficient (Wildman–Crippen LogP) is 2.84. The molecule has 0 N–H and O–H groups in total. The van der Waals surface area contributed by atoms with E-state index in [1.165, 1.54) is 21.7 Å². The first-order chi connectivity index (χ1) is 16.0. The average molecular weight is 487 g/mol. The summed E-state index contributed by atoms with van der Waals surface area (Å²) in [5.74, 6) is -0.872. The number of sulfonamides is 1. The van der Waals surface area contributed by atoms with Crippen molar-refractivity contribution in [3.63, 3.8) is 0 Å². The molecular weight excluding hydrogens is 456 g/mol. The number of carbonyl (C=O) groups is 2. The first-order valence-electron chi connectivity index (χ1n) is 11.1. The van der Waals surface area contributed by atoms with Crippen LogP contribution >= 0.6 is 0 Å². The van der Waals surface area contributed by atoms with Crippen molar-refractivity contribution >= 4 is 28.0 Å². The zero-order valence-electron chi connectivity index (χ0n) is 20.1. The third kappa shape index (κ3) is 5.51. The predicted molar refractivity (Wildman–Crippen MR) is 129 cm³/mol. The number of piperazine rings is 1.